The van der Waals surface area contributed by atoms with Crippen molar-refractivity contribution in [2.24, 2.45) is 0 Å². The largest absolute Gasteiger partial charge is 0.350 e. The van der Waals surface area contributed by atoms with Crippen molar-refractivity contribution < 1.29 is 17.6 Å². The number of hydrogen-bond acceptors (Lipinski definition) is 4. The summed E-state index contributed by atoms with van der Waals surface area (Å²) in [4.78, 5) is 16.3. The van der Waals surface area contributed by atoms with Gasteiger partial charge >= 0.3 is 0 Å². The third kappa shape index (κ3) is 4.95. The zero-order valence-electron chi connectivity index (χ0n) is 15.1. The van der Waals surface area contributed by atoms with E-state index in [1.807, 2.05) is 35.0 Å². The second-order valence-electron chi connectivity index (χ2n) is 6.16. The van der Waals surface area contributed by atoms with Gasteiger partial charge in [-0.05, 0) is 42.0 Å². The standard InChI is InChI=1S/C19H19FN4O3S/c1-28(26,27)24(18-8-4-16(20)5-9-18)13-19(25)22-12-15-2-6-17(7-3-15)23-11-10-21-14-23/h2-11,14H,12-13H2,1H3,(H,22,25). The lowest BCUT2D eigenvalue weighted by molar-refractivity contribution is -0.119. The van der Waals surface area contributed by atoms with E-state index >= 15 is 0 Å². The third-order valence-electron chi connectivity index (χ3n) is 4.03. The summed E-state index contributed by atoms with van der Waals surface area (Å²) in [6.07, 6.45) is 6.19. The smallest absolute Gasteiger partial charge is 0.241 e. The Morgan fingerprint density at radius 1 is 1.14 bits per heavy atom. The highest BCUT2D eigenvalue weighted by molar-refractivity contribution is 7.92. The first-order valence-electron chi connectivity index (χ1n) is 8.40. The van der Waals surface area contributed by atoms with Crippen LogP contribution in [0.3, 0.4) is 0 Å². The van der Waals surface area contributed by atoms with Gasteiger partial charge in [0.25, 0.3) is 0 Å². The predicted octanol–water partition coefficient (Wildman–Crippen LogP) is 2.09. The molecule has 2 aromatic carbocycles. The summed E-state index contributed by atoms with van der Waals surface area (Å²) < 4.78 is 39.9. The molecule has 3 rings (SSSR count). The first-order chi connectivity index (χ1) is 13.3. The third-order valence-corrected chi connectivity index (χ3v) is 5.17. The van der Waals surface area contributed by atoms with E-state index in [1.165, 1.54) is 12.1 Å². The first kappa shape index (κ1) is 19.6. The predicted molar refractivity (Wildman–Crippen MR) is 104 cm³/mol. The van der Waals surface area contributed by atoms with Gasteiger partial charge in [0, 0.05) is 24.6 Å². The Hall–Kier alpha value is -3.20. The molecule has 0 saturated heterocycles. The van der Waals surface area contributed by atoms with Gasteiger partial charge in [-0.15, -0.1) is 0 Å². The molecule has 0 bridgehead atoms. The highest BCUT2D eigenvalue weighted by atomic mass is 32.2. The zero-order chi connectivity index (χ0) is 20.1. The molecule has 1 amide bonds. The number of imidazole rings is 1. The van der Waals surface area contributed by atoms with E-state index in [0.29, 0.717) is 0 Å². The van der Waals surface area contributed by atoms with Crippen LogP contribution in [0.4, 0.5) is 10.1 Å². The molecule has 146 valence electrons. The van der Waals surface area contributed by atoms with Crippen LogP contribution in [0.5, 0.6) is 0 Å². The van der Waals surface area contributed by atoms with Crippen molar-refractivity contribution >= 4 is 21.6 Å². The van der Waals surface area contributed by atoms with E-state index < -0.39 is 28.3 Å². The minimum Gasteiger partial charge on any atom is -0.350 e. The Labute approximate surface area is 162 Å². The van der Waals surface area contributed by atoms with Gasteiger partial charge in [0.15, 0.2) is 0 Å². The molecule has 1 N–H and O–H groups in total. The molecular weight excluding hydrogens is 383 g/mol. The van der Waals surface area contributed by atoms with Crippen LogP contribution in [0.15, 0.2) is 67.3 Å². The summed E-state index contributed by atoms with van der Waals surface area (Å²) in [7, 11) is -3.70. The lowest BCUT2D eigenvalue weighted by atomic mass is 10.2. The number of anilines is 1. The average Bonchev–Trinajstić information content (AvgIpc) is 3.20. The van der Waals surface area contributed by atoms with Crippen molar-refractivity contribution in [2.45, 2.75) is 6.54 Å². The highest BCUT2D eigenvalue weighted by Gasteiger charge is 2.20. The van der Waals surface area contributed by atoms with E-state index in [-0.39, 0.29) is 12.2 Å². The number of hydrogen-bond donors (Lipinski definition) is 1. The number of rotatable bonds is 7. The van der Waals surface area contributed by atoms with E-state index in [4.69, 9.17) is 0 Å². The second kappa shape index (κ2) is 8.22. The SMILES string of the molecule is CS(=O)(=O)N(CC(=O)NCc1ccc(-n2ccnc2)cc1)c1ccc(F)cc1. The molecule has 0 radical (unpaired) electrons. The van der Waals surface area contributed by atoms with E-state index in [2.05, 4.69) is 10.3 Å². The summed E-state index contributed by atoms with van der Waals surface area (Å²) >= 11 is 0. The summed E-state index contributed by atoms with van der Waals surface area (Å²) in [5.41, 5.74) is 2.03. The molecule has 0 aliphatic carbocycles. The van der Waals surface area contributed by atoms with Gasteiger partial charge in [0.05, 0.1) is 18.3 Å². The molecule has 0 saturated carbocycles. The molecule has 0 spiro atoms. The molecule has 28 heavy (non-hydrogen) atoms. The van der Waals surface area contributed by atoms with Crippen LogP contribution in [-0.4, -0.2) is 36.7 Å². The van der Waals surface area contributed by atoms with Crippen LogP contribution >= 0.6 is 0 Å². The van der Waals surface area contributed by atoms with Crippen LogP contribution in [0.1, 0.15) is 5.56 Å². The van der Waals surface area contributed by atoms with Crippen LogP contribution in [0, 0.1) is 5.82 Å². The maximum absolute atomic E-state index is 13.1. The molecule has 7 nitrogen and oxygen atoms in total. The summed E-state index contributed by atoms with van der Waals surface area (Å²) in [5, 5.41) is 2.70. The molecule has 3 aromatic rings. The van der Waals surface area contributed by atoms with Crippen LogP contribution < -0.4 is 9.62 Å². The van der Waals surface area contributed by atoms with Gasteiger partial charge in [-0.25, -0.2) is 17.8 Å². The van der Waals surface area contributed by atoms with Crippen molar-refractivity contribution in [3.8, 4) is 5.69 Å². The molecule has 0 unspecified atom stereocenters. The fourth-order valence-electron chi connectivity index (χ4n) is 2.59. The monoisotopic (exact) mass is 402 g/mol. The van der Waals surface area contributed by atoms with E-state index in [9.17, 15) is 17.6 Å². The number of halogens is 1. The molecule has 1 aromatic heterocycles. The minimum absolute atomic E-state index is 0.226. The van der Waals surface area contributed by atoms with Crippen LogP contribution in [0.2, 0.25) is 0 Å². The van der Waals surface area contributed by atoms with E-state index in [0.717, 1.165) is 33.9 Å². The van der Waals surface area contributed by atoms with Crippen LogP contribution in [-0.2, 0) is 21.4 Å². The zero-order valence-corrected chi connectivity index (χ0v) is 15.9. The highest BCUT2D eigenvalue weighted by Crippen LogP contribution is 2.17. The maximum Gasteiger partial charge on any atom is 0.241 e. The van der Waals surface area contributed by atoms with Gasteiger partial charge < -0.3 is 9.88 Å². The van der Waals surface area contributed by atoms with Gasteiger partial charge in [-0.3, -0.25) is 9.10 Å². The molecular formula is C19H19FN4O3S. The number of sulfonamides is 1. The molecule has 0 aliphatic rings. The maximum atomic E-state index is 13.1. The van der Waals surface area contributed by atoms with Crippen molar-refractivity contribution in [1.82, 2.24) is 14.9 Å². The summed E-state index contributed by atoms with van der Waals surface area (Å²) in [6.45, 7) is -0.137. The topological polar surface area (TPSA) is 84.3 Å². The molecule has 0 atom stereocenters. The van der Waals surface area contributed by atoms with Gasteiger partial charge in [0.1, 0.15) is 12.4 Å². The normalized spacial score (nSPS) is 11.2. The quantitative estimate of drug-likeness (QED) is 0.656. The number of nitrogens with zero attached hydrogens (tertiary/aromatic N) is 3. The van der Waals surface area contributed by atoms with Crippen LogP contribution in [0.25, 0.3) is 5.69 Å². The molecule has 0 fully saturated rings. The minimum atomic E-state index is -3.70. The second-order valence-corrected chi connectivity index (χ2v) is 8.07. The number of carbonyl (C=O) groups is 1. The van der Waals surface area contributed by atoms with Crippen molar-refractivity contribution in [1.29, 1.82) is 0 Å². The average molecular weight is 402 g/mol. The Balaban J connectivity index is 1.62. The number of aromatic nitrogens is 2. The summed E-state index contributed by atoms with van der Waals surface area (Å²) in [6, 6.07) is 12.4. The van der Waals surface area contributed by atoms with Crippen molar-refractivity contribution in [3.63, 3.8) is 0 Å². The summed E-state index contributed by atoms with van der Waals surface area (Å²) in [5.74, 6) is -0.950. The number of amides is 1. The number of nitrogens with one attached hydrogen (secondary N) is 1. The molecule has 0 aliphatic heterocycles. The van der Waals surface area contributed by atoms with Gasteiger partial charge in [-0.2, -0.15) is 0 Å². The van der Waals surface area contributed by atoms with E-state index in [1.54, 1.807) is 12.5 Å². The van der Waals surface area contributed by atoms with Gasteiger partial charge in [0.2, 0.25) is 15.9 Å². The fourth-order valence-corrected chi connectivity index (χ4v) is 3.45. The Bertz CT molecular complexity index is 1030. The first-order valence-corrected chi connectivity index (χ1v) is 10.2. The fraction of sp³-hybridized carbons (Fsp3) is 0.158. The van der Waals surface area contributed by atoms with Crippen molar-refractivity contribution in [2.75, 3.05) is 17.1 Å². The Kier molecular flexibility index (Phi) is 5.74. The molecule has 1 heterocycles. The Morgan fingerprint density at radius 2 is 1.82 bits per heavy atom. The number of benzene rings is 2. The van der Waals surface area contributed by atoms with Crippen molar-refractivity contribution in [3.05, 3.63) is 78.6 Å². The Morgan fingerprint density at radius 3 is 2.39 bits per heavy atom. The van der Waals surface area contributed by atoms with Gasteiger partial charge in [-0.1, -0.05) is 12.1 Å². The lowest BCUT2D eigenvalue weighted by Crippen LogP contribution is -2.40. The number of carbonyl (C=O) groups excluding carboxylic acids is 1. The molecule has 9 heteroatoms. The lowest BCUT2D eigenvalue weighted by Gasteiger charge is -2.21.